The first-order valence-electron chi connectivity index (χ1n) is 14.3. The van der Waals surface area contributed by atoms with Gasteiger partial charge in [0.25, 0.3) is 0 Å². The molecule has 1 aromatic heterocycles. The van der Waals surface area contributed by atoms with Crippen LogP contribution in [0.25, 0.3) is 11.1 Å². The largest absolute Gasteiger partial charge is 0.492 e. The van der Waals surface area contributed by atoms with E-state index in [0.29, 0.717) is 37.6 Å². The maximum atomic E-state index is 13.4. The van der Waals surface area contributed by atoms with Crippen LogP contribution in [0, 0.1) is 5.92 Å². The lowest BCUT2D eigenvalue weighted by Gasteiger charge is -2.25. The summed E-state index contributed by atoms with van der Waals surface area (Å²) in [7, 11) is 0. The average Bonchev–Trinajstić information content (AvgIpc) is 3.58. The number of ether oxygens (including phenoxy) is 2. The summed E-state index contributed by atoms with van der Waals surface area (Å²) in [6.07, 6.45) is 4.25. The van der Waals surface area contributed by atoms with Gasteiger partial charge in [-0.1, -0.05) is 84.9 Å². The summed E-state index contributed by atoms with van der Waals surface area (Å²) < 4.78 is 12.3. The van der Waals surface area contributed by atoms with Crippen LogP contribution in [0.1, 0.15) is 16.7 Å². The number of nitrogens with one attached hydrogen (secondary N) is 2. The third kappa shape index (κ3) is 6.87. The van der Waals surface area contributed by atoms with Crippen molar-refractivity contribution in [3.8, 4) is 22.6 Å². The van der Waals surface area contributed by atoms with Gasteiger partial charge in [-0.3, -0.25) is 14.8 Å². The first-order chi connectivity index (χ1) is 20.7. The van der Waals surface area contributed by atoms with Crippen LogP contribution in [0.2, 0.25) is 0 Å². The molecular formula is C35H34N4O3. The number of rotatable bonds is 11. The summed E-state index contributed by atoms with van der Waals surface area (Å²) in [4.78, 5) is 15.7. The lowest BCUT2D eigenvalue weighted by Crippen LogP contribution is -2.32. The lowest BCUT2D eigenvalue weighted by atomic mass is 9.96. The monoisotopic (exact) mass is 558 g/mol. The molecule has 1 atom stereocenters. The van der Waals surface area contributed by atoms with E-state index in [2.05, 4.69) is 68.9 Å². The van der Waals surface area contributed by atoms with E-state index in [0.717, 1.165) is 35.5 Å². The predicted octanol–water partition coefficient (Wildman–Crippen LogP) is 6.35. The molecule has 0 fully saturated rings. The van der Waals surface area contributed by atoms with Crippen LogP contribution in [-0.4, -0.2) is 40.8 Å². The van der Waals surface area contributed by atoms with Crippen LogP contribution in [0.5, 0.6) is 11.5 Å². The first kappa shape index (κ1) is 27.3. The quantitative estimate of drug-likeness (QED) is 0.198. The van der Waals surface area contributed by atoms with Crippen molar-refractivity contribution in [1.82, 2.24) is 15.1 Å². The fraction of sp³-hybridized carbons (Fsp3) is 0.200. The van der Waals surface area contributed by atoms with Crippen molar-refractivity contribution in [3.05, 3.63) is 132 Å². The van der Waals surface area contributed by atoms with E-state index in [9.17, 15) is 4.79 Å². The van der Waals surface area contributed by atoms with Gasteiger partial charge in [0, 0.05) is 31.4 Å². The Labute approximate surface area is 246 Å². The highest BCUT2D eigenvalue weighted by molar-refractivity contribution is 5.95. The summed E-state index contributed by atoms with van der Waals surface area (Å²) >= 11 is 0. The van der Waals surface area contributed by atoms with E-state index >= 15 is 0 Å². The van der Waals surface area contributed by atoms with E-state index in [1.54, 1.807) is 6.20 Å². The van der Waals surface area contributed by atoms with Crippen molar-refractivity contribution in [2.45, 2.75) is 19.5 Å². The Kier molecular flexibility index (Phi) is 8.57. The molecule has 42 heavy (non-hydrogen) atoms. The molecule has 5 aromatic rings. The van der Waals surface area contributed by atoms with Crippen molar-refractivity contribution in [2.24, 2.45) is 5.92 Å². The smallest absolute Gasteiger partial charge is 0.231 e. The highest BCUT2D eigenvalue weighted by Gasteiger charge is 2.26. The van der Waals surface area contributed by atoms with Gasteiger partial charge < -0.3 is 14.8 Å². The highest BCUT2D eigenvalue weighted by Crippen LogP contribution is 2.33. The average molecular weight is 559 g/mol. The molecule has 212 valence electrons. The molecular weight excluding hydrogens is 524 g/mol. The molecule has 1 aliphatic heterocycles. The summed E-state index contributed by atoms with van der Waals surface area (Å²) in [6.45, 7) is 3.12. The van der Waals surface area contributed by atoms with Crippen molar-refractivity contribution in [1.29, 1.82) is 0 Å². The number of nitrogens with zero attached hydrogens (tertiary/aromatic N) is 2. The highest BCUT2D eigenvalue weighted by atomic mass is 16.5. The molecule has 0 spiro atoms. The topological polar surface area (TPSA) is 79.5 Å². The zero-order valence-corrected chi connectivity index (χ0v) is 23.4. The van der Waals surface area contributed by atoms with Crippen molar-refractivity contribution in [2.75, 3.05) is 25.1 Å². The van der Waals surface area contributed by atoms with Gasteiger partial charge in [-0.05, 0) is 46.9 Å². The molecule has 7 nitrogen and oxygen atoms in total. The number of aromatic amines is 1. The van der Waals surface area contributed by atoms with E-state index in [1.807, 2.05) is 60.8 Å². The fourth-order valence-electron chi connectivity index (χ4n) is 5.25. The van der Waals surface area contributed by atoms with E-state index < -0.39 is 0 Å². The minimum Gasteiger partial charge on any atom is -0.492 e. The molecule has 7 heteroatoms. The number of hydrogen-bond acceptors (Lipinski definition) is 5. The van der Waals surface area contributed by atoms with Crippen molar-refractivity contribution in [3.63, 3.8) is 0 Å². The Balaban J connectivity index is 1.17. The molecule has 1 aliphatic rings. The van der Waals surface area contributed by atoms with Crippen molar-refractivity contribution < 1.29 is 14.3 Å². The number of aromatic nitrogens is 2. The predicted molar refractivity (Wildman–Crippen MR) is 164 cm³/mol. The molecule has 2 N–H and O–H groups in total. The molecule has 0 aliphatic carbocycles. The summed E-state index contributed by atoms with van der Waals surface area (Å²) in [5, 5.41) is 10.1. The molecule has 1 amide bonds. The molecule has 6 rings (SSSR count). The Morgan fingerprint density at radius 1 is 0.905 bits per heavy atom. The third-order valence-electron chi connectivity index (χ3n) is 7.48. The van der Waals surface area contributed by atoms with Crippen LogP contribution in [0.4, 0.5) is 5.69 Å². The molecule has 0 bridgehead atoms. The van der Waals surface area contributed by atoms with E-state index in [1.165, 1.54) is 11.1 Å². The Bertz CT molecular complexity index is 1550. The van der Waals surface area contributed by atoms with Gasteiger partial charge in [0.15, 0.2) is 0 Å². The second kappa shape index (κ2) is 13.2. The van der Waals surface area contributed by atoms with Crippen LogP contribution < -0.4 is 14.8 Å². The minimum absolute atomic E-state index is 0.0832. The maximum Gasteiger partial charge on any atom is 0.231 e. The number of carbonyl (C=O) groups is 1. The number of H-pyrrole nitrogens is 1. The molecule has 0 saturated heterocycles. The van der Waals surface area contributed by atoms with Crippen LogP contribution in [0.3, 0.4) is 0 Å². The van der Waals surface area contributed by atoms with Crippen LogP contribution in [-0.2, 0) is 24.3 Å². The van der Waals surface area contributed by atoms with Gasteiger partial charge in [0.05, 0.1) is 17.8 Å². The van der Waals surface area contributed by atoms with Gasteiger partial charge >= 0.3 is 0 Å². The van der Waals surface area contributed by atoms with Gasteiger partial charge in [0.1, 0.15) is 24.7 Å². The SMILES string of the molecule is O=C(Nc1ccc(-c2cn[nH]c2)cc1OCCN(Cc1ccccc1)Cc1ccccc1)C1COc2ccccc2C1. The maximum absolute atomic E-state index is 13.4. The summed E-state index contributed by atoms with van der Waals surface area (Å²) in [5.74, 6) is 1.11. The first-order valence-corrected chi connectivity index (χ1v) is 14.3. The number of amides is 1. The summed E-state index contributed by atoms with van der Waals surface area (Å²) in [6, 6.07) is 34.7. The normalized spacial score (nSPS) is 14.2. The fourth-order valence-corrected chi connectivity index (χ4v) is 5.25. The van der Waals surface area contributed by atoms with Gasteiger partial charge in [-0.2, -0.15) is 5.10 Å². The molecule has 0 saturated carbocycles. The number of para-hydroxylation sites is 1. The molecule has 2 heterocycles. The molecule has 4 aromatic carbocycles. The van der Waals surface area contributed by atoms with Gasteiger partial charge in [-0.15, -0.1) is 0 Å². The van der Waals surface area contributed by atoms with Crippen LogP contribution >= 0.6 is 0 Å². The lowest BCUT2D eigenvalue weighted by molar-refractivity contribution is -0.121. The Morgan fingerprint density at radius 3 is 2.33 bits per heavy atom. The van der Waals surface area contributed by atoms with Gasteiger partial charge in [-0.25, -0.2) is 0 Å². The van der Waals surface area contributed by atoms with Crippen molar-refractivity contribution >= 4 is 11.6 Å². The number of anilines is 1. The number of hydrogen-bond donors (Lipinski definition) is 2. The summed E-state index contributed by atoms with van der Waals surface area (Å²) in [5.41, 5.74) is 6.09. The third-order valence-corrected chi connectivity index (χ3v) is 7.48. The zero-order valence-electron chi connectivity index (χ0n) is 23.4. The number of carbonyl (C=O) groups excluding carboxylic acids is 1. The minimum atomic E-state index is -0.284. The van der Waals surface area contributed by atoms with E-state index in [4.69, 9.17) is 9.47 Å². The van der Waals surface area contributed by atoms with Gasteiger partial charge in [0.2, 0.25) is 5.91 Å². The zero-order chi connectivity index (χ0) is 28.6. The Hall–Kier alpha value is -4.88. The molecule has 1 unspecified atom stereocenters. The van der Waals surface area contributed by atoms with Crippen LogP contribution in [0.15, 0.2) is 116 Å². The van der Waals surface area contributed by atoms with E-state index in [-0.39, 0.29) is 11.8 Å². The second-order valence-electron chi connectivity index (χ2n) is 10.5. The number of benzene rings is 4. The Morgan fingerprint density at radius 2 is 1.62 bits per heavy atom. The second-order valence-corrected chi connectivity index (χ2v) is 10.5. The molecule has 0 radical (unpaired) electrons. The standard InChI is InChI=1S/C35H34N4O3/c40-35(30-19-29-13-7-8-14-33(29)42-25-30)38-32-16-15-28(31-21-36-37-22-31)20-34(32)41-18-17-39(23-26-9-3-1-4-10-26)24-27-11-5-2-6-12-27/h1-16,20-22,30H,17-19,23-25H2,(H,36,37)(H,38,40). The number of fused-ring (bicyclic) bond motifs is 1.